The minimum atomic E-state index is -0.260. The molecule has 1 aromatic heterocycles. The standard InChI is InChI=1S/C18H17N3OS2/c19-11-14-13-9-5-2-6-10-15(13)24-17(14)21-18(23)20-16(22)12-7-3-1-4-8-12/h1,3-4,7-8H,2,5-6,9-10H2,(H2,20,21,22,23). The Morgan fingerprint density at radius 3 is 2.67 bits per heavy atom. The Bertz CT molecular complexity index is 806. The number of rotatable bonds is 2. The summed E-state index contributed by atoms with van der Waals surface area (Å²) in [6, 6.07) is 11.2. The van der Waals surface area contributed by atoms with Crippen LogP contribution in [0.15, 0.2) is 30.3 Å². The Morgan fingerprint density at radius 2 is 1.92 bits per heavy atom. The van der Waals surface area contributed by atoms with Crippen LogP contribution in [-0.4, -0.2) is 11.0 Å². The van der Waals surface area contributed by atoms with E-state index in [1.807, 2.05) is 6.07 Å². The zero-order valence-electron chi connectivity index (χ0n) is 13.1. The van der Waals surface area contributed by atoms with Gasteiger partial charge in [-0.3, -0.25) is 10.1 Å². The van der Waals surface area contributed by atoms with Gasteiger partial charge in [0.05, 0.1) is 5.56 Å². The first-order valence-electron chi connectivity index (χ1n) is 7.91. The molecule has 1 amide bonds. The second kappa shape index (κ2) is 7.56. The van der Waals surface area contributed by atoms with Gasteiger partial charge in [0.15, 0.2) is 5.11 Å². The minimum absolute atomic E-state index is 0.219. The number of nitriles is 1. The van der Waals surface area contributed by atoms with Crippen molar-refractivity contribution in [2.45, 2.75) is 32.1 Å². The van der Waals surface area contributed by atoms with E-state index in [0.717, 1.165) is 36.2 Å². The van der Waals surface area contributed by atoms with Crippen LogP contribution in [0.1, 0.15) is 45.6 Å². The van der Waals surface area contributed by atoms with Crippen LogP contribution in [0.2, 0.25) is 0 Å². The van der Waals surface area contributed by atoms with Crippen LogP contribution in [0.4, 0.5) is 5.00 Å². The molecule has 0 unspecified atom stereocenters. The van der Waals surface area contributed by atoms with Gasteiger partial charge in [0.1, 0.15) is 11.1 Å². The van der Waals surface area contributed by atoms with Crippen LogP contribution in [0.25, 0.3) is 0 Å². The van der Waals surface area contributed by atoms with Crippen molar-refractivity contribution in [3.05, 3.63) is 51.9 Å². The fraction of sp³-hybridized carbons (Fsp3) is 0.278. The first-order chi connectivity index (χ1) is 11.7. The van der Waals surface area contributed by atoms with Crippen LogP contribution >= 0.6 is 23.6 Å². The van der Waals surface area contributed by atoms with Crippen LogP contribution in [-0.2, 0) is 12.8 Å². The predicted molar refractivity (Wildman–Crippen MR) is 100 cm³/mol. The zero-order chi connectivity index (χ0) is 16.9. The third-order valence-electron chi connectivity index (χ3n) is 4.02. The first-order valence-corrected chi connectivity index (χ1v) is 9.13. The van der Waals surface area contributed by atoms with E-state index in [9.17, 15) is 10.1 Å². The summed E-state index contributed by atoms with van der Waals surface area (Å²) in [7, 11) is 0. The molecule has 0 saturated heterocycles. The number of nitrogens with zero attached hydrogens (tertiary/aromatic N) is 1. The van der Waals surface area contributed by atoms with E-state index in [1.165, 1.54) is 11.3 Å². The van der Waals surface area contributed by atoms with Crippen LogP contribution in [0.3, 0.4) is 0 Å². The molecule has 0 atom stereocenters. The molecule has 2 aromatic rings. The fourth-order valence-corrected chi connectivity index (χ4v) is 4.35. The monoisotopic (exact) mass is 355 g/mol. The summed E-state index contributed by atoms with van der Waals surface area (Å²) in [4.78, 5) is 13.4. The molecule has 1 heterocycles. The molecule has 6 heteroatoms. The number of carbonyl (C=O) groups excluding carboxylic acids is 1. The second-order valence-corrected chi connectivity index (χ2v) is 7.17. The predicted octanol–water partition coefficient (Wildman–Crippen LogP) is 4.02. The lowest BCUT2D eigenvalue weighted by atomic mass is 10.1. The van der Waals surface area contributed by atoms with Crippen molar-refractivity contribution >= 4 is 39.6 Å². The molecule has 0 fully saturated rings. The van der Waals surface area contributed by atoms with Crippen LogP contribution in [0.5, 0.6) is 0 Å². The number of anilines is 1. The quantitative estimate of drug-likeness (QED) is 0.631. The van der Waals surface area contributed by atoms with Gasteiger partial charge >= 0.3 is 0 Å². The lowest BCUT2D eigenvalue weighted by Crippen LogP contribution is -2.34. The lowest BCUT2D eigenvalue weighted by Gasteiger charge is -2.08. The van der Waals surface area contributed by atoms with E-state index in [-0.39, 0.29) is 11.0 Å². The summed E-state index contributed by atoms with van der Waals surface area (Å²) >= 11 is 6.82. The lowest BCUT2D eigenvalue weighted by molar-refractivity contribution is 0.0977. The molecule has 1 aliphatic rings. The number of carbonyl (C=O) groups is 1. The molecule has 0 spiro atoms. The van der Waals surface area contributed by atoms with Gasteiger partial charge in [-0.1, -0.05) is 24.6 Å². The van der Waals surface area contributed by atoms with Gasteiger partial charge in [0, 0.05) is 10.4 Å². The number of hydrogen-bond donors (Lipinski definition) is 2. The Kier molecular flexibility index (Phi) is 5.24. The smallest absolute Gasteiger partial charge is 0.257 e. The van der Waals surface area contributed by atoms with Crippen LogP contribution < -0.4 is 10.6 Å². The molecule has 3 rings (SSSR count). The normalized spacial score (nSPS) is 13.3. The highest BCUT2D eigenvalue weighted by Gasteiger charge is 2.20. The number of amides is 1. The third kappa shape index (κ3) is 3.64. The number of nitrogens with one attached hydrogen (secondary N) is 2. The van der Waals surface area contributed by atoms with Gasteiger partial charge in [0.25, 0.3) is 5.91 Å². The SMILES string of the molecule is N#Cc1c(NC(=S)NC(=O)c2ccccc2)sc2c1CCCCC2. The van der Waals surface area contributed by atoms with E-state index in [0.29, 0.717) is 11.1 Å². The van der Waals surface area contributed by atoms with E-state index in [4.69, 9.17) is 12.2 Å². The summed E-state index contributed by atoms with van der Waals surface area (Å²) < 4.78 is 0. The van der Waals surface area contributed by atoms with Crippen molar-refractivity contribution in [1.82, 2.24) is 5.32 Å². The van der Waals surface area contributed by atoms with Gasteiger partial charge in [0.2, 0.25) is 0 Å². The average molecular weight is 355 g/mol. The third-order valence-corrected chi connectivity index (χ3v) is 5.43. The van der Waals surface area contributed by atoms with E-state index in [2.05, 4.69) is 16.7 Å². The number of fused-ring (bicyclic) bond motifs is 1. The molecule has 1 aromatic carbocycles. The molecule has 0 radical (unpaired) electrons. The second-order valence-electron chi connectivity index (χ2n) is 5.65. The van der Waals surface area contributed by atoms with Crippen molar-refractivity contribution in [3.8, 4) is 6.07 Å². The summed E-state index contributed by atoms with van der Waals surface area (Å²) in [5.74, 6) is -0.260. The van der Waals surface area contributed by atoms with Crippen LogP contribution in [0, 0.1) is 11.3 Å². The molecule has 0 aliphatic heterocycles. The molecule has 0 bridgehead atoms. The Balaban J connectivity index is 1.73. The fourth-order valence-electron chi connectivity index (χ4n) is 2.85. The summed E-state index contributed by atoms with van der Waals surface area (Å²) in [6.07, 6.45) is 5.44. The maximum atomic E-state index is 12.1. The van der Waals surface area contributed by atoms with E-state index < -0.39 is 0 Å². The maximum absolute atomic E-state index is 12.1. The summed E-state index contributed by atoms with van der Waals surface area (Å²) in [5, 5.41) is 16.2. The van der Waals surface area contributed by atoms with Crippen molar-refractivity contribution in [2.75, 3.05) is 5.32 Å². The molecule has 0 saturated carbocycles. The van der Waals surface area contributed by atoms with E-state index >= 15 is 0 Å². The Hall–Kier alpha value is -2.23. The Morgan fingerprint density at radius 1 is 1.17 bits per heavy atom. The van der Waals surface area contributed by atoms with E-state index in [1.54, 1.807) is 35.6 Å². The van der Waals surface area contributed by atoms with Gasteiger partial charge in [-0.25, -0.2) is 0 Å². The topological polar surface area (TPSA) is 64.9 Å². The zero-order valence-corrected chi connectivity index (χ0v) is 14.7. The highest BCUT2D eigenvalue weighted by atomic mass is 32.1. The van der Waals surface area contributed by atoms with Gasteiger partial charge in [-0.2, -0.15) is 5.26 Å². The Labute approximate surface area is 150 Å². The van der Waals surface area contributed by atoms with Gasteiger partial charge in [-0.05, 0) is 55.6 Å². The van der Waals surface area contributed by atoms with Crippen molar-refractivity contribution in [2.24, 2.45) is 0 Å². The molecule has 1 aliphatic carbocycles. The first kappa shape index (κ1) is 16.6. The molecule has 24 heavy (non-hydrogen) atoms. The molecule has 2 N–H and O–H groups in total. The summed E-state index contributed by atoms with van der Waals surface area (Å²) in [6.45, 7) is 0. The number of aryl methyl sites for hydroxylation is 1. The molecular weight excluding hydrogens is 338 g/mol. The average Bonchev–Trinajstić information content (AvgIpc) is 2.75. The summed E-state index contributed by atoms with van der Waals surface area (Å²) in [5.41, 5.74) is 2.37. The molecule has 4 nitrogen and oxygen atoms in total. The molecule has 122 valence electrons. The van der Waals surface area contributed by atoms with Gasteiger partial charge < -0.3 is 5.32 Å². The largest absolute Gasteiger partial charge is 0.323 e. The van der Waals surface area contributed by atoms with Crippen molar-refractivity contribution in [3.63, 3.8) is 0 Å². The number of thiophene rings is 1. The minimum Gasteiger partial charge on any atom is -0.323 e. The molecular formula is C18H17N3OS2. The number of hydrogen-bond acceptors (Lipinski definition) is 4. The highest BCUT2D eigenvalue weighted by Crippen LogP contribution is 2.36. The maximum Gasteiger partial charge on any atom is 0.257 e. The number of thiocarbonyl (C=S) groups is 1. The van der Waals surface area contributed by atoms with Crippen molar-refractivity contribution < 1.29 is 4.79 Å². The van der Waals surface area contributed by atoms with Crippen molar-refractivity contribution in [1.29, 1.82) is 5.26 Å². The number of benzene rings is 1. The van der Waals surface area contributed by atoms with Gasteiger partial charge in [-0.15, -0.1) is 11.3 Å². The highest BCUT2D eigenvalue weighted by molar-refractivity contribution is 7.80.